The number of nitrogens with zero attached hydrogens (tertiary/aromatic N) is 3. The summed E-state index contributed by atoms with van der Waals surface area (Å²) in [5, 5.41) is 0. The summed E-state index contributed by atoms with van der Waals surface area (Å²) < 4.78 is 1.02. The molecule has 1 aliphatic heterocycles. The van der Waals surface area contributed by atoms with Crippen LogP contribution in [0.5, 0.6) is 0 Å². The molecule has 0 aromatic heterocycles. The van der Waals surface area contributed by atoms with Gasteiger partial charge >= 0.3 is 0 Å². The van der Waals surface area contributed by atoms with Crippen molar-refractivity contribution in [3.05, 3.63) is 69.7 Å². The number of hydrogen-bond donors (Lipinski definition) is 0. The summed E-state index contributed by atoms with van der Waals surface area (Å²) in [6, 6.07) is 14.8. The van der Waals surface area contributed by atoms with E-state index in [0.717, 1.165) is 48.3 Å². The van der Waals surface area contributed by atoms with Crippen molar-refractivity contribution in [2.24, 2.45) is 0 Å². The zero-order valence-corrected chi connectivity index (χ0v) is 18.4. The summed E-state index contributed by atoms with van der Waals surface area (Å²) in [5.41, 5.74) is 4.74. The number of halogens is 1. The lowest BCUT2D eigenvalue weighted by Crippen LogP contribution is -2.44. The monoisotopic (exact) mass is 441 g/mol. The Morgan fingerprint density at radius 2 is 1.82 bits per heavy atom. The molecule has 0 bridgehead atoms. The Kier molecular flexibility index (Phi) is 7.08. The van der Waals surface area contributed by atoms with Gasteiger partial charge in [0.15, 0.2) is 0 Å². The van der Waals surface area contributed by atoms with Gasteiger partial charge in [0.25, 0.3) is 0 Å². The molecule has 0 spiro atoms. The number of piperazine rings is 1. The van der Waals surface area contributed by atoms with Gasteiger partial charge in [-0.15, -0.1) is 0 Å². The Hall–Kier alpha value is -1.91. The molecule has 2 aromatic carbocycles. The van der Waals surface area contributed by atoms with Gasteiger partial charge in [0.1, 0.15) is 5.94 Å². The molecule has 4 nitrogen and oxygen atoms in total. The molecule has 0 N–H and O–H groups in total. The van der Waals surface area contributed by atoms with E-state index in [1.165, 1.54) is 11.3 Å². The predicted molar refractivity (Wildman–Crippen MR) is 120 cm³/mol. The largest absolute Gasteiger partial charge is 0.369 e. The molecule has 1 fully saturated rings. The van der Waals surface area contributed by atoms with E-state index in [1.807, 2.05) is 6.07 Å². The summed E-state index contributed by atoms with van der Waals surface area (Å²) in [5.74, 6) is 1.95. The minimum atomic E-state index is -0.124. The quantitative estimate of drug-likeness (QED) is 0.637. The zero-order chi connectivity index (χ0) is 20.1. The number of benzene rings is 2. The van der Waals surface area contributed by atoms with Crippen LogP contribution in [0.25, 0.3) is 0 Å². The smallest absolute Gasteiger partial charge is 0.121 e. The van der Waals surface area contributed by atoms with Crippen LogP contribution in [0.1, 0.15) is 22.6 Å². The first-order chi connectivity index (χ1) is 13.5. The van der Waals surface area contributed by atoms with E-state index >= 15 is 0 Å². The lowest BCUT2D eigenvalue weighted by Gasteiger charge is -2.36. The number of allylic oxidation sites excluding steroid dienone is 1. The minimum Gasteiger partial charge on any atom is -0.369 e. The highest BCUT2D eigenvalue weighted by atomic mass is 79.9. The molecule has 1 aliphatic rings. The predicted octanol–water partition coefficient (Wildman–Crippen LogP) is 3.78. The maximum absolute atomic E-state index is 11.5. The number of anilines is 1. The minimum absolute atomic E-state index is 0.124. The number of likely N-dealkylation sites (N-methyl/N-ethyl adjacent to an activating group) is 1. The van der Waals surface area contributed by atoms with E-state index in [-0.39, 0.29) is 5.92 Å². The van der Waals surface area contributed by atoms with Crippen molar-refractivity contribution in [3.8, 4) is 0 Å². The summed E-state index contributed by atoms with van der Waals surface area (Å²) in [6.45, 7) is 4.89. The molecule has 1 atom stereocenters. The normalized spacial score (nSPS) is 16.1. The molecule has 1 heterocycles. The van der Waals surface area contributed by atoms with Crippen LogP contribution in [0.3, 0.4) is 0 Å². The first-order valence-corrected chi connectivity index (χ1v) is 10.5. The van der Waals surface area contributed by atoms with E-state index < -0.39 is 0 Å². The average Bonchev–Trinajstić information content (AvgIpc) is 2.67. The molecule has 1 unspecified atom stereocenters. The third-order valence-electron chi connectivity index (χ3n) is 5.28. The Balaban J connectivity index is 2.08. The average molecular weight is 442 g/mol. The van der Waals surface area contributed by atoms with E-state index in [9.17, 15) is 4.79 Å². The van der Waals surface area contributed by atoms with Crippen LogP contribution in [-0.4, -0.2) is 63.1 Å². The van der Waals surface area contributed by atoms with Gasteiger partial charge in [-0.25, -0.2) is 4.79 Å². The van der Waals surface area contributed by atoms with Crippen molar-refractivity contribution >= 4 is 27.6 Å². The molecule has 28 heavy (non-hydrogen) atoms. The fourth-order valence-corrected chi connectivity index (χ4v) is 4.23. The van der Waals surface area contributed by atoms with Gasteiger partial charge in [0.05, 0.1) is 0 Å². The standard InChI is InChI=1S/C23H28BrN3O/c1-25(2)17-18-6-4-5-7-20(18)21(10-15-28)22-16-19(24)8-9-23(22)27-13-11-26(3)12-14-27/h4-10,16,21H,11-14,17H2,1-3H3. The molecular weight excluding hydrogens is 414 g/mol. The van der Waals surface area contributed by atoms with Crippen LogP contribution in [0.4, 0.5) is 5.69 Å². The molecule has 0 amide bonds. The van der Waals surface area contributed by atoms with E-state index in [0.29, 0.717) is 0 Å². The maximum Gasteiger partial charge on any atom is 0.121 e. The number of rotatable bonds is 6. The molecule has 0 aliphatic carbocycles. The number of hydrogen-bond acceptors (Lipinski definition) is 4. The third-order valence-corrected chi connectivity index (χ3v) is 5.77. The summed E-state index contributed by atoms with van der Waals surface area (Å²) >= 11 is 3.63. The first kappa shape index (κ1) is 20.8. The van der Waals surface area contributed by atoms with Gasteiger partial charge in [-0.05, 0) is 56.0 Å². The second-order valence-electron chi connectivity index (χ2n) is 7.69. The summed E-state index contributed by atoms with van der Waals surface area (Å²) in [6.07, 6.45) is 1.66. The molecule has 148 valence electrons. The van der Waals surface area contributed by atoms with E-state index in [2.05, 4.69) is 94.1 Å². The van der Waals surface area contributed by atoms with Crippen LogP contribution < -0.4 is 4.90 Å². The fraction of sp³-hybridized carbons (Fsp3) is 0.391. The van der Waals surface area contributed by atoms with Crippen molar-refractivity contribution in [2.45, 2.75) is 12.5 Å². The molecule has 3 rings (SSSR count). The van der Waals surface area contributed by atoms with Crippen LogP contribution in [0, 0.1) is 0 Å². The van der Waals surface area contributed by atoms with Gasteiger partial charge in [0, 0.05) is 54.9 Å². The van der Waals surface area contributed by atoms with Crippen molar-refractivity contribution in [1.29, 1.82) is 0 Å². The second kappa shape index (κ2) is 9.53. The highest BCUT2D eigenvalue weighted by molar-refractivity contribution is 9.10. The van der Waals surface area contributed by atoms with E-state index in [4.69, 9.17) is 0 Å². The highest BCUT2D eigenvalue weighted by Gasteiger charge is 2.23. The molecular formula is C23H28BrN3O. The molecule has 1 saturated heterocycles. The molecule has 5 heteroatoms. The highest BCUT2D eigenvalue weighted by Crippen LogP contribution is 2.37. The Morgan fingerprint density at radius 3 is 2.50 bits per heavy atom. The Morgan fingerprint density at radius 1 is 1.11 bits per heavy atom. The van der Waals surface area contributed by atoms with Crippen LogP contribution in [0.2, 0.25) is 0 Å². The third kappa shape index (κ3) is 4.92. The van der Waals surface area contributed by atoms with Crippen molar-refractivity contribution < 1.29 is 4.79 Å². The van der Waals surface area contributed by atoms with Gasteiger partial charge in [0.2, 0.25) is 0 Å². The van der Waals surface area contributed by atoms with Crippen molar-refractivity contribution in [3.63, 3.8) is 0 Å². The Bertz CT molecular complexity index is 853. The van der Waals surface area contributed by atoms with Gasteiger partial charge in [-0.2, -0.15) is 0 Å². The van der Waals surface area contributed by atoms with Gasteiger partial charge < -0.3 is 14.7 Å². The molecule has 0 radical (unpaired) electrons. The lowest BCUT2D eigenvalue weighted by atomic mass is 9.86. The zero-order valence-electron chi connectivity index (χ0n) is 16.9. The van der Waals surface area contributed by atoms with Crippen LogP contribution >= 0.6 is 15.9 Å². The second-order valence-corrected chi connectivity index (χ2v) is 8.61. The Labute approximate surface area is 176 Å². The summed E-state index contributed by atoms with van der Waals surface area (Å²) in [4.78, 5) is 18.4. The van der Waals surface area contributed by atoms with Crippen LogP contribution in [0.15, 0.2) is 53.0 Å². The maximum atomic E-state index is 11.5. The lowest BCUT2D eigenvalue weighted by molar-refractivity contribution is 0.312. The van der Waals surface area contributed by atoms with Gasteiger partial charge in [-0.3, -0.25) is 0 Å². The van der Waals surface area contributed by atoms with Crippen molar-refractivity contribution in [2.75, 3.05) is 52.2 Å². The topological polar surface area (TPSA) is 26.8 Å². The molecule has 0 saturated carbocycles. The number of carbonyl (C=O) groups excluding carboxylic acids is 1. The molecule has 2 aromatic rings. The van der Waals surface area contributed by atoms with Gasteiger partial charge in [-0.1, -0.05) is 40.2 Å². The van der Waals surface area contributed by atoms with Crippen molar-refractivity contribution in [1.82, 2.24) is 9.80 Å². The fourth-order valence-electron chi connectivity index (χ4n) is 3.85. The van der Waals surface area contributed by atoms with Crippen LogP contribution in [-0.2, 0) is 11.3 Å². The SMILES string of the molecule is CN(C)Cc1ccccc1C(C=C=O)c1cc(Br)ccc1N1CCN(C)CC1. The first-order valence-electron chi connectivity index (χ1n) is 9.66. The summed E-state index contributed by atoms with van der Waals surface area (Å²) in [7, 11) is 6.29. The van der Waals surface area contributed by atoms with E-state index in [1.54, 1.807) is 6.08 Å².